The van der Waals surface area contributed by atoms with Gasteiger partial charge in [-0.25, -0.2) is 4.39 Å². The predicted molar refractivity (Wildman–Crippen MR) is 93.3 cm³/mol. The lowest BCUT2D eigenvalue weighted by Gasteiger charge is -2.32. The quantitative estimate of drug-likeness (QED) is 0.932. The van der Waals surface area contributed by atoms with E-state index in [2.05, 4.69) is 41.4 Å². The van der Waals surface area contributed by atoms with Crippen LogP contribution in [0.5, 0.6) is 0 Å². The molecule has 0 aliphatic carbocycles. The van der Waals surface area contributed by atoms with Crippen molar-refractivity contribution >= 4 is 5.91 Å². The molecule has 1 saturated heterocycles. The Balaban J connectivity index is 1.49. The van der Waals surface area contributed by atoms with E-state index in [0.29, 0.717) is 5.56 Å². The van der Waals surface area contributed by atoms with Gasteiger partial charge < -0.3 is 5.32 Å². The van der Waals surface area contributed by atoms with Crippen LogP contribution in [0.15, 0.2) is 48.5 Å². The molecule has 3 rings (SSSR count). The van der Waals surface area contributed by atoms with Crippen molar-refractivity contribution in [3.05, 3.63) is 71.0 Å². The summed E-state index contributed by atoms with van der Waals surface area (Å²) in [6, 6.07) is 14.3. The fourth-order valence-electron chi connectivity index (χ4n) is 3.13. The second-order valence-corrected chi connectivity index (χ2v) is 6.46. The van der Waals surface area contributed by atoms with E-state index in [1.54, 1.807) is 0 Å². The van der Waals surface area contributed by atoms with Gasteiger partial charge in [0.05, 0.1) is 0 Å². The minimum Gasteiger partial charge on any atom is -0.349 e. The number of halogens is 1. The Kier molecular flexibility index (Phi) is 5.26. The number of piperidine rings is 1. The maximum absolute atomic E-state index is 12.9. The summed E-state index contributed by atoms with van der Waals surface area (Å²) in [5, 5.41) is 3.06. The summed E-state index contributed by atoms with van der Waals surface area (Å²) < 4.78 is 12.9. The highest BCUT2D eigenvalue weighted by Crippen LogP contribution is 2.16. The van der Waals surface area contributed by atoms with Gasteiger partial charge in [-0.15, -0.1) is 0 Å². The van der Waals surface area contributed by atoms with Crippen LogP contribution in [0.2, 0.25) is 0 Å². The summed E-state index contributed by atoms with van der Waals surface area (Å²) in [4.78, 5) is 14.6. The van der Waals surface area contributed by atoms with E-state index in [4.69, 9.17) is 0 Å². The van der Waals surface area contributed by atoms with Gasteiger partial charge in [0.2, 0.25) is 0 Å². The van der Waals surface area contributed by atoms with Crippen LogP contribution in [0, 0.1) is 12.7 Å². The van der Waals surface area contributed by atoms with Crippen molar-refractivity contribution < 1.29 is 9.18 Å². The molecule has 24 heavy (non-hydrogen) atoms. The van der Waals surface area contributed by atoms with Gasteiger partial charge in [-0.2, -0.15) is 0 Å². The molecule has 0 bridgehead atoms. The predicted octanol–water partition coefficient (Wildman–Crippen LogP) is 3.53. The molecule has 4 heteroatoms. The molecule has 1 aliphatic heterocycles. The molecule has 0 aromatic heterocycles. The number of amides is 1. The van der Waals surface area contributed by atoms with E-state index in [0.717, 1.165) is 32.5 Å². The highest BCUT2D eigenvalue weighted by molar-refractivity contribution is 5.94. The molecule has 1 aliphatic rings. The van der Waals surface area contributed by atoms with E-state index in [9.17, 15) is 9.18 Å². The van der Waals surface area contributed by atoms with Gasteiger partial charge in [0.25, 0.3) is 5.91 Å². The zero-order valence-electron chi connectivity index (χ0n) is 14.0. The maximum Gasteiger partial charge on any atom is 0.251 e. The summed E-state index contributed by atoms with van der Waals surface area (Å²) in [5.41, 5.74) is 3.20. The molecule has 1 heterocycles. The minimum atomic E-state index is -0.323. The van der Waals surface area contributed by atoms with Gasteiger partial charge in [-0.3, -0.25) is 9.69 Å². The third-order valence-electron chi connectivity index (χ3n) is 4.68. The maximum atomic E-state index is 12.9. The fourth-order valence-corrected chi connectivity index (χ4v) is 3.13. The number of nitrogens with zero attached hydrogens (tertiary/aromatic N) is 1. The second-order valence-electron chi connectivity index (χ2n) is 6.46. The average molecular weight is 326 g/mol. The first-order chi connectivity index (χ1) is 11.6. The van der Waals surface area contributed by atoms with E-state index in [-0.39, 0.29) is 17.8 Å². The number of hydrogen-bond donors (Lipinski definition) is 1. The molecule has 0 unspecified atom stereocenters. The summed E-state index contributed by atoms with van der Waals surface area (Å²) in [6.45, 7) is 5.06. The molecule has 2 aromatic rings. The molecule has 1 N–H and O–H groups in total. The number of hydrogen-bond acceptors (Lipinski definition) is 2. The Bertz CT molecular complexity index is 691. The Hall–Kier alpha value is -2.20. The number of carbonyl (C=O) groups excluding carboxylic acids is 1. The SMILES string of the molecule is Cc1ccccc1CN1CCC(NC(=O)c2ccc(F)cc2)CC1. The Labute approximate surface area is 142 Å². The third-order valence-corrected chi connectivity index (χ3v) is 4.68. The van der Waals surface area contributed by atoms with Crippen molar-refractivity contribution in [2.75, 3.05) is 13.1 Å². The van der Waals surface area contributed by atoms with Crippen LogP contribution < -0.4 is 5.32 Å². The van der Waals surface area contributed by atoms with Crippen LogP contribution in [-0.2, 0) is 6.54 Å². The molecular weight excluding hydrogens is 303 g/mol. The normalized spacial score (nSPS) is 16.1. The number of benzene rings is 2. The summed E-state index contributed by atoms with van der Waals surface area (Å²) in [6.07, 6.45) is 1.89. The summed E-state index contributed by atoms with van der Waals surface area (Å²) in [7, 11) is 0. The van der Waals surface area contributed by atoms with E-state index < -0.39 is 0 Å². The lowest BCUT2D eigenvalue weighted by molar-refractivity contribution is 0.0909. The van der Waals surface area contributed by atoms with Crippen LogP contribution >= 0.6 is 0 Å². The van der Waals surface area contributed by atoms with Crippen LogP contribution in [0.25, 0.3) is 0 Å². The number of aryl methyl sites for hydroxylation is 1. The van der Waals surface area contributed by atoms with Crippen molar-refractivity contribution in [3.63, 3.8) is 0 Å². The molecule has 0 spiro atoms. The van der Waals surface area contributed by atoms with Crippen LogP contribution in [0.3, 0.4) is 0 Å². The molecule has 1 amide bonds. The number of nitrogens with one attached hydrogen (secondary N) is 1. The average Bonchev–Trinajstić information content (AvgIpc) is 2.59. The molecule has 1 fully saturated rings. The molecule has 126 valence electrons. The molecule has 0 radical (unpaired) electrons. The first-order valence-corrected chi connectivity index (χ1v) is 8.45. The molecular formula is C20H23FN2O. The fraction of sp³-hybridized carbons (Fsp3) is 0.350. The smallest absolute Gasteiger partial charge is 0.251 e. The zero-order valence-corrected chi connectivity index (χ0v) is 14.0. The van der Waals surface area contributed by atoms with Crippen LogP contribution in [0.4, 0.5) is 4.39 Å². The van der Waals surface area contributed by atoms with Gasteiger partial charge in [-0.05, 0) is 55.2 Å². The molecule has 2 aromatic carbocycles. The molecule has 0 atom stereocenters. The van der Waals surface area contributed by atoms with E-state index >= 15 is 0 Å². The van der Waals surface area contributed by atoms with Crippen molar-refractivity contribution in [3.8, 4) is 0 Å². The van der Waals surface area contributed by atoms with Crippen molar-refractivity contribution in [2.24, 2.45) is 0 Å². The number of rotatable bonds is 4. The number of likely N-dealkylation sites (tertiary alicyclic amines) is 1. The summed E-state index contributed by atoms with van der Waals surface area (Å²) >= 11 is 0. The first kappa shape index (κ1) is 16.7. The van der Waals surface area contributed by atoms with Crippen molar-refractivity contribution in [1.82, 2.24) is 10.2 Å². The Morgan fingerprint density at radius 1 is 1.12 bits per heavy atom. The van der Waals surface area contributed by atoms with Crippen LogP contribution in [-0.4, -0.2) is 29.9 Å². The minimum absolute atomic E-state index is 0.118. The van der Waals surface area contributed by atoms with Crippen molar-refractivity contribution in [1.29, 1.82) is 0 Å². The lowest BCUT2D eigenvalue weighted by atomic mass is 10.0. The van der Waals surface area contributed by atoms with Crippen molar-refractivity contribution in [2.45, 2.75) is 32.4 Å². The van der Waals surface area contributed by atoms with Gasteiger partial charge in [-0.1, -0.05) is 24.3 Å². The van der Waals surface area contributed by atoms with Gasteiger partial charge in [0.15, 0.2) is 0 Å². The lowest BCUT2D eigenvalue weighted by Crippen LogP contribution is -2.44. The van der Waals surface area contributed by atoms with E-state index in [1.165, 1.54) is 35.4 Å². The third kappa shape index (κ3) is 4.20. The monoisotopic (exact) mass is 326 g/mol. The topological polar surface area (TPSA) is 32.3 Å². The number of carbonyl (C=O) groups is 1. The molecule has 3 nitrogen and oxygen atoms in total. The second kappa shape index (κ2) is 7.58. The van der Waals surface area contributed by atoms with E-state index in [1.807, 2.05) is 0 Å². The van der Waals surface area contributed by atoms with Gasteiger partial charge in [0.1, 0.15) is 5.82 Å². The standard InChI is InChI=1S/C20H23FN2O/c1-15-4-2-3-5-17(15)14-23-12-10-19(11-13-23)22-20(24)16-6-8-18(21)9-7-16/h2-9,19H,10-14H2,1H3,(H,22,24). The highest BCUT2D eigenvalue weighted by atomic mass is 19.1. The van der Waals surface area contributed by atoms with Gasteiger partial charge in [0, 0.05) is 31.2 Å². The largest absolute Gasteiger partial charge is 0.349 e. The summed E-state index contributed by atoms with van der Waals surface area (Å²) in [5.74, 6) is -0.441. The molecule has 0 saturated carbocycles. The Morgan fingerprint density at radius 2 is 1.79 bits per heavy atom. The first-order valence-electron chi connectivity index (χ1n) is 8.45. The van der Waals surface area contributed by atoms with Gasteiger partial charge >= 0.3 is 0 Å². The zero-order chi connectivity index (χ0) is 16.9. The Morgan fingerprint density at radius 3 is 2.46 bits per heavy atom. The van der Waals surface area contributed by atoms with Crippen LogP contribution in [0.1, 0.15) is 34.3 Å². The highest BCUT2D eigenvalue weighted by Gasteiger charge is 2.21.